The minimum absolute atomic E-state index is 0.0366. The number of alkyl halides is 1. The maximum absolute atomic E-state index is 14.5. The van der Waals surface area contributed by atoms with Gasteiger partial charge in [0.25, 0.3) is 5.56 Å². The van der Waals surface area contributed by atoms with Gasteiger partial charge in [-0.3, -0.25) is 14.3 Å². The highest BCUT2D eigenvalue weighted by Crippen LogP contribution is 2.34. The zero-order chi connectivity index (χ0) is 19.6. The average Bonchev–Trinajstić information content (AvgIpc) is 2.92. The maximum Gasteiger partial charge on any atom is 0.750 e. The fourth-order valence-electron chi connectivity index (χ4n) is 2.57. The third-order valence-electron chi connectivity index (χ3n) is 3.98. The summed E-state index contributed by atoms with van der Waals surface area (Å²) >= 11 is 5.03. The summed E-state index contributed by atoms with van der Waals surface area (Å²) in [5.41, 5.74) is -0.0759. The van der Waals surface area contributed by atoms with Gasteiger partial charge in [-0.05, 0) is 31.3 Å². The number of aryl methyl sites for hydroxylation is 1. The molecule has 2 N–H and O–H groups in total. The van der Waals surface area contributed by atoms with Crippen LogP contribution in [0.25, 0.3) is 0 Å². The molecule has 0 amide bonds. The number of aliphatic hydroxyl groups excluding tert-OH is 1. The van der Waals surface area contributed by atoms with Gasteiger partial charge in [0.15, 0.2) is 22.9 Å². The molecule has 1 fully saturated rings. The molecule has 0 bridgehead atoms. The van der Waals surface area contributed by atoms with Crippen molar-refractivity contribution >= 4 is 20.5 Å². The van der Waals surface area contributed by atoms with Crippen molar-refractivity contribution in [1.29, 1.82) is 0 Å². The van der Waals surface area contributed by atoms with Crippen LogP contribution in [0.1, 0.15) is 11.8 Å². The topological polar surface area (TPSA) is 103 Å². The van der Waals surface area contributed by atoms with Crippen molar-refractivity contribution in [2.45, 2.75) is 31.5 Å². The third kappa shape index (κ3) is 4.48. The number of halogens is 1. The Labute approximate surface area is 159 Å². The fraction of sp³-hybridized carbons (Fsp3) is 0.375. The number of H-pyrrole nitrogens is 1. The van der Waals surface area contributed by atoms with Crippen molar-refractivity contribution in [1.82, 2.24) is 9.55 Å². The quantitative estimate of drug-likeness (QED) is 0.552. The van der Waals surface area contributed by atoms with Crippen molar-refractivity contribution in [2.75, 3.05) is 6.61 Å². The Hall–Kier alpha value is -1.97. The van der Waals surface area contributed by atoms with E-state index in [-0.39, 0.29) is 16.9 Å². The fourth-order valence-corrected chi connectivity index (χ4v) is 3.43. The van der Waals surface area contributed by atoms with Gasteiger partial charge in [-0.25, -0.2) is 8.91 Å². The lowest BCUT2D eigenvalue weighted by Gasteiger charge is -2.17. The van der Waals surface area contributed by atoms with Gasteiger partial charge in [0.05, 0.1) is 0 Å². The maximum atomic E-state index is 14.5. The van der Waals surface area contributed by atoms with E-state index >= 15 is 0 Å². The summed E-state index contributed by atoms with van der Waals surface area (Å²) in [6.45, 7) is 1.19. The first-order chi connectivity index (χ1) is 12.9. The monoisotopic (exact) mass is 415 g/mol. The predicted molar refractivity (Wildman–Crippen MR) is 96.1 cm³/mol. The van der Waals surface area contributed by atoms with E-state index in [1.54, 1.807) is 30.3 Å². The Morgan fingerprint density at radius 1 is 1.41 bits per heavy atom. The molecule has 1 aromatic heterocycles. The molecule has 8 nitrogen and oxygen atoms in total. The Balaban J connectivity index is 1.65. The van der Waals surface area contributed by atoms with Crippen molar-refractivity contribution in [3.63, 3.8) is 0 Å². The highest BCUT2D eigenvalue weighted by molar-refractivity contribution is 7.71. The third-order valence-corrected chi connectivity index (χ3v) is 5.01. The zero-order valence-corrected chi connectivity index (χ0v) is 15.9. The SMILES string of the molecule is Cc1cn([C@H]2O[C@@H](CO[P+](=O)Oc3ccccc3)C(O)[C@H]2F)c(=S)[nH]c1=O. The molecule has 0 radical (unpaired) electrons. The molecule has 144 valence electrons. The Kier molecular flexibility index (Phi) is 6.13. The summed E-state index contributed by atoms with van der Waals surface area (Å²) in [5.74, 6) is 0.350. The van der Waals surface area contributed by atoms with Crippen molar-refractivity contribution in [3.8, 4) is 5.75 Å². The van der Waals surface area contributed by atoms with Gasteiger partial charge in [0, 0.05) is 16.3 Å². The zero-order valence-electron chi connectivity index (χ0n) is 14.1. The van der Waals surface area contributed by atoms with Crippen LogP contribution in [0.4, 0.5) is 4.39 Å². The molecular weight excluding hydrogens is 398 g/mol. The number of benzene rings is 1. The van der Waals surface area contributed by atoms with E-state index in [0.717, 1.165) is 0 Å². The summed E-state index contributed by atoms with van der Waals surface area (Å²) in [6.07, 6.45) is -4.32. The second kappa shape index (κ2) is 8.37. The highest BCUT2D eigenvalue weighted by atomic mass is 32.1. The molecule has 2 heterocycles. The van der Waals surface area contributed by atoms with E-state index in [9.17, 15) is 18.9 Å². The van der Waals surface area contributed by atoms with Crippen molar-refractivity contribution < 1.29 is 27.8 Å². The van der Waals surface area contributed by atoms with E-state index in [1.807, 2.05) is 0 Å². The minimum Gasteiger partial charge on any atom is -0.387 e. The van der Waals surface area contributed by atoms with E-state index in [2.05, 4.69) is 4.98 Å². The van der Waals surface area contributed by atoms with Crippen LogP contribution >= 0.6 is 20.5 Å². The first-order valence-corrected chi connectivity index (χ1v) is 9.50. The highest BCUT2D eigenvalue weighted by Gasteiger charge is 2.47. The van der Waals surface area contributed by atoms with Gasteiger partial charge >= 0.3 is 8.25 Å². The number of aromatic nitrogens is 2. The molecule has 1 saturated heterocycles. The molecule has 0 saturated carbocycles. The molecule has 0 spiro atoms. The molecule has 1 aliphatic rings. The summed E-state index contributed by atoms with van der Waals surface area (Å²) < 4.78 is 43.2. The lowest BCUT2D eigenvalue weighted by Crippen LogP contribution is -2.31. The largest absolute Gasteiger partial charge is 0.750 e. The Morgan fingerprint density at radius 3 is 2.81 bits per heavy atom. The number of rotatable bonds is 6. The smallest absolute Gasteiger partial charge is 0.387 e. The van der Waals surface area contributed by atoms with Crippen LogP contribution in [-0.2, 0) is 13.8 Å². The van der Waals surface area contributed by atoms with E-state index < -0.39 is 32.9 Å². The average molecular weight is 415 g/mol. The molecule has 27 heavy (non-hydrogen) atoms. The van der Waals surface area contributed by atoms with Crippen LogP contribution in [0.5, 0.6) is 5.75 Å². The summed E-state index contributed by atoms with van der Waals surface area (Å²) in [7, 11) is -2.53. The summed E-state index contributed by atoms with van der Waals surface area (Å²) in [4.78, 5) is 14.0. The number of para-hydroxylation sites is 1. The van der Waals surface area contributed by atoms with Crippen LogP contribution in [0, 0.1) is 11.7 Å². The van der Waals surface area contributed by atoms with E-state index in [1.165, 1.54) is 17.7 Å². The van der Waals surface area contributed by atoms with Gasteiger partial charge in [-0.15, -0.1) is 4.52 Å². The Morgan fingerprint density at radius 2 is 2.11 bits per heavy atom. The summed E-state index contributed by atoms with van der Waals surface area (Å²) in [6, 6.07) is 8.39. The van der Waals surface area contributed by atoms with E-state index in [0.29, 0.717) is 11.3 Å². The normalized spacial score (nSPS) is 25.4. The summed E-state index contributed by atoms with van der Waals surface area (Å²) in [5, 5.41) is 10.1. The van der Waals surface area contributed by atoms with Crippen LogP contribution in [0.15, 0.2) is 41.3 Å². The lowest BCUT2D eigenvalue weighted by atomic mass is 10.1. The number of hydrogen-bond acceptors (Lipinski definition) is 7. The molecule has 2 aromatic rings. The number of aromatic amines is 1. The van der Waals surface area contributed by atoms with Crippen molar-refractivity contribution in [2.24, 2.45) is 0 Å². The molecule has 11 heteroatoms. The number of hydrogen-bond donors (Lipinski definition) is 2. The van der Waals surface area contributed by atoms with E-state index in [4.69, 9.17) is 26.0 Å². The number of nitrogens with one attached hydrogen (secondary N) is 1. The minimum atomic E-state index is -2.53. The van der Waals surface area contributed by atoms with Crippen LogP contribution in [-0.4, -0.2) is 39.6 Å². The molecule has 1 aliphatic heterocycles. The standard InChI is InChI=1S/C16H16FN2O6PS/c1-9-7-19(16(27)18-14(9)21)15-12(17)13(20)11(24-15)8-23-26(22)25-10-5-3-2-4-6-10/h2-7,11-13,15,20H,8H2,1H3/p+1/t11-,12+,13?,15-/m0/s1. The van der Waals surface area contributed by atoms with Gasteiger partial charge in [0.1, 0.15) is 18.8 Å². The molecule has 0 aliphatic carbocycles. The first kappa shape index (κ1) is 19.8. The van der Waals surface area contributed by atoms with Crippen LogP contribution in [0.2, 0.25) is 0 Å². The van der Waals surface area contributed by atoms with Gasteiger partial charge in [0.2, 0.25) is 0 Å². The van der Waals surface area contributed by atoms with Crippen LogP contribution < -0.4 is 10.1 Å². The lowest BCUT2D eigenvalue weighted by molar-refractivity contribution is -0.0440. The second-order valence-corrected chi connectivity index (χ2v) is 7.18. The molecule has 5 atom stereocenters. The molecular formula is C16H17FN2O6PS+. The Bertz CT molecular complexity index is 936. The molecule has 1 aromatic carbocycles. The van der Waals surface area contributed by atoms with Gasteiger partial charge in [-0.1, -0.05) is 18.2 Å². The number of nitrogens with zero attached hydrogens (tertiary/aromatic N) is 1. The van der Waals surface area contributed by atoms with Crippen LogP contribution in [0.3, 0.4) is 0 Å². The number of ether oxygens (including phenoxy) is 1. The number of aliphatic hydroxyl groups is 1. The van der Waals surface area contributed by atoms with Gasteiger partial charge < -0.3 is 9.84 Å². The second-order valence-electron chi connectivity index (χ2n) is 5.90. The van der Waals surface area contributed by atoms with Gasteiger partial charge in [-0.2, -0.15) is 0 Å². The molecule has 2 unspecified atom stereocenters. The van der Waals surface area contributed by atoms with Crippen molar-refractivity contribution in [3.05, 3.63) is 57.2 Å². The predicted octanol–water partition coefficient (Wildman–Crippen LogP) is 2.56. The first-order valence-electron chi connectivity index (χ1n) is 7.99. The molecule has 3 rings (SSSR count).